The minimum atomic E-state index is -1.01. The molecule has 1 saturated carbocycles. The number of amides is 1. The van der Waals surface area contributed by atoms with Crippen LogP contribution in [0.3, 0.4) is 0 Å². The third kappa shape index (κ3) is 1.78. The number of carbonyl (C=O) groups excluding carboxylic acids is 2. The van der Waals surface area contributed by atoms with E-state index in [1.54, 1.807) is 0 Å². The molecule has 2 atom stereocenters. The van der Waals surface area contributed by atoms with E-state index < -0.39 is 16.4 Å². The summed E-state index contributed by atoms with van der Waals surface area (Å²) in [6, 6.07) is 0. The van der Waals surface area contributed by atoms with E-state index in [9.17, 15) is 9.59 Å². The molecule has 0 aromatic carbocycles. The van der Waals surface area contributed by atoms with Gasteiger partial charge in [-0.3, -0.25) is 15.0 Å². The number of carbonyl (C=O) groups is 2. The molecule has 6 heteroatoms. The molecule has 3 fully saturated rings. The van der Waals surface area contributed by atoms with Crippen LogP contribution in [0.5, 0.6) is 0 Å². The Hall–Kier alpha value is -1.14. The highest BCUT2D eigenvalue weighted by Crippen LogP contribution is 2.65. The number of piperazine rings is 1. The summed E-state index contributed by atoms with van der Waals surface area (Å²) < 4.78 is 5.60. The first-order valence-electron chi connectivity index (χ1n) is 7.71. The van der Waals surface area contributed by atoms with Crippen molar-refractivity contribution < 1.29 is 14.3 Å². The summed E-state index contributed by atoms with van der Waals surface area (Å²) >= 11 is 0. The summed E-state index contributed by atoms with van der Waals surface area (Å²) in [6.07, 6.45) is 1.33. The van der Waals surface area contributed by atoms with Gasteiger partial charge in [0.05, 0.1) is 5.41 Å². The van der Waals surface area contributed by atoms with Crippen molar-refractivity contribution in [3.63, 3.8) is 0 Å². The lowest BCUT2D eigenvalue weighted by atomic mass is 9.66. The maximum Gasteiger partial charge on any atom is 0.313 e. The monoisotopic (exact) mass is 295 g/mol. The Labute approximate surface area is 125 Å². The van der Waals surface area contributed by atoms with Crippen LogP contribution in [0.25, 0.3) is 0 Å². The number of hydrazine groups is 1. The van der Waals surface area contributed by atoms with Crippen LogP contribution in [0.1, 0.15) is 33.6 Å². The van der Waals surface area contributed by atoms with Crippen molar-refractivity contribution in [3.05, 3.63) is 0 Å². The molecule has 0 radical (unpaired) electrons. The second-order valence-corrected chi connectivity index (χ2v) is 7.40. The van der Waals surface area contributed by atoms with Gasteiger partial charge >= 0.3 is 5.97 Å². The Morgan fingerprint density at radius 3 is 2.24 bits per heavy atom. The normalized spacial score (nSPS) is 39.3. The summed E-state index contributed by atoms with van der Waals surface area (Å²) in [4.78, 5) is 27.3. The molecule has 118 valence electrons. The van der Waals surface area contributed by atoms with E-state index in [1.807, 2.05) is 25.8 Å². The Bertz CT molecular complexity index is 485. The zero-order valence-corrected chi connectivity index (χ0v) is 13.4. The Balaban J connectivity index is 1.77. The lowest BCUT2D eigenvalue weighted by molar-refractivity contribution is -0.171. The largest absolute Gasteiger partial charge is 0.448 e. The maximum absolute atomic E-state index is 12.8. The number of hydrogen-bond donors (Lipinski definition) is 1. The average Bonchev–Trinajstić information content (AvgIpc) is 2.72. The van der Waals surface area contributed by atoms with Gasteiger partial charge in [0.15, 0.2) is 5.60 Å². The fourth-order valence-electron chi connectivity index (χ4n) is 3.90. The molecule has 3 rings (SSSR count). The van der Waals surface area contributed by atoms with E-state index in [0.29, 0.717) is 6.42 Å². The van der Waals surface area contributed by atoms with Crippen molar-refractivity contribution in [1.82, 2.24) is 15.3 Å². The van der Waals surface area contributed by atoms with Gasteiger partial charge in [-0.1, -0.05) is 13.8 Å². The molecule has 0 aromatic rings. The number of hydrogen-bond acceptors (Lipinski definition) is 5. The number of nitrogens with one attached hydrogen (secondary N) is 1. The standard InChI is InChI=1S/C15H25N3O3/c1-13(2)14(3)5-6-15(13,21-12(14)20)11(19)16-18-9-7-17(4)8-10-18/h5-10H2,1-4H3,(H,16,19)/t14-,15-/m0/s1. The van der Waals surface area contributed by atoms with Crippen LogP contribution in [0, 0.1) is 10.8 Å². The highest BCUT2D eigenvalue weighted by atomic mass is 16.6. The topological polar surface area (TPSA) is 61.9 Å². The SMILES string of the molecule is CN1CCN(NC(=O)[C@]23CC[C@@](C)(C(=O)O2)C3(C)C)CC1. The molecule has 1 aliphatic carbocycles. The van der Waals surface area contributed by atoms with E-state index >= 15 is 0 Å². The third-order valence-electron chi connectivity index (χ3n) is 6.21. The maximum atomic E-state index is 12.8. The summed E-state index contributed by atoms with van der Waals surface area (Å²) in [5, 5.41) is 1.94. The second-order valence-electron chi connectivity index (χ2n) is 7.40. The van der Waals surface area contributed by atoms with E-state index in [0.717, 1.165) is 32.6 Å². The highest BCUT2D eigenvalue weighted by molar-refractivity contribution is 5.96. The summed E-state index contributed by atoms with van der Waals surface area (Å²) in [5.74, 6) is -0.390. The fourth-order valence-corrected chi connectivity index (χ4v) is 3.90. The van der Waals surface area contributed by atoms with E-state index in [4.69, 9.17) is 4.74 Å². The number of ether oxygens (including phenoxy) is 1. The number of rotatable bonds is 2. The van der Waals surface area contributed by atoms with Crippen molar-refractivity contribution in [3.8, 4) is 0 Å². The van der Waals surface area contributed by atoms with Crippen molar-refractivity contribution in [2.45, 2.75) is 39.2 Å². The molecule has 1 N–H and O–H groups in total. The number of likely N-dealkylation sites (N-methyl/N-ethyl adjacent to an activating group) is 1. The van der Waals surface area contributed by atoms with Gasteiger partial charge in [-0.15, -0.1) is 0 Å². The lowest BCUT2D eigenvalue weighted by Gasteiger charge is -2.38. The molecular weight excluding hydrogens is 270 g/mol. The van der Waals surface area contributed by atoms with Crippen molar-refractivity contribution in [2.24, 2.45) is 10.8 Å². The molecule has 21 heavy (non-hydrogen) atoms. The van der Waals surface area contributed by atoms with Crippen LogP contribution in [-0.2, 0) is 14.3 Å². The predicted octanol–water partition coefficient (Wildman–Crippen LogP) is 0.387. The van der Waals surface area contributed by atoms with Gasteiger partial charge in [0.25, 0.3) is 5.91 Å². The van der Waals surface area contributed by atoms with Crippen LogP contribution in [0.4, 0.5) is 0 Å². The molecule has 6 nitrogen and oxygen atoms in total. The van der Waals surface area contributed by atoms with Crippen LogP contribution < -0.4 is 5.43 Å². The van der Waals surface area contributed by atoms with Gasteiger partial charge in [0.1, 0.15) is 0 Å². The van der Waals surface area contributed by atoms with Crippen molar-refractivity contribution in [2.75, 3.05) is 33.2 Å². The molecule has 0 spiro atoms. The lowest BCUT2D eigenvalue weighted by Crippen LogP contribution is -2.60. The molecule has 3 aliphatic rings. The quantitative estimate of drug-likeness (QED) is 0.747. The van der Waals surface area contributed by atoms with Crippen LogP contribution >= 0.6 is 0 Å². The van der Waals surface area contributed by atoms with Gasteiger partial charge in [0, 0.05) is 31.6 Å². The van der Waals surface area contributed by atoms with Gasteiger partial charge < -0.3 is 9.64 Å². The molecule has 2 saturated heterocycles. The second kappa shape index (κ2) is 4.43. The molecule has 2 bridgehead atoms. The van der Waals surface area contributed by atoms with Gasteiger partial charge in [0.2, 0.25) is 0 Å². The smallest absolute Gasteiger partial charge is 0.313 e. The van der Waals surface area contributed by atoms with E-state index in [2.05, 4.69) is 17.4 Å². The fraction of sp³-hybridized carbons (Fsp3) is 0.867. The molecule has 2 heterocycles. The van der Waals surface area contributed by atoms with Crippen molar-refractivity contribution >= 4 is 11.9 Å². The first kappa shape index (κ1) is 14.8. The van der Waals surface area contributed by atoms with Gasteiger partial charge in [-0.25, -0.2) is 5.01 Å². The minimum Gasteiger partial charge on any atom is -0.448 e. The van der Waals surface area contributed by atoms with Crippen molar-refractivity contribution in [1.29, 1.82) is 0 Å². The molecule has 2 aliphatic heterocycles. The Kier molecular flexibility index (Phi) is 3.12. The van der Waals surface area contributed by atoms with Gasteiger partial charge in [-0.05, 0) is 26.8 Å². The zero-order chi connectivity index (χ0) is 15.5. The highest BCUT2D eigenvalue weighted by Gasteiger charge is 2.75. The number of fused-ring (bicyclic) bond motifs is 2. The molecule has 0 aromatic heterocycles. The first-order chi connectivity index (χ1) is 9.73. The van der Waals surface area contributed by atoms with E-state index in [-0.39, 0.29) is 11.9 Å². The predicted molar refractivity (Wildman–Crippen MR) is 77.2 cm³/mol. The summed E-state index contributed by atoms with van der Waals surface area (Å²) in [6.45, 7) is 9.33. The Morgan fingerprint density at radius 1 is 1.14 bits per heavy atom. The first-order valence-corrected chi connectivity index (χ1v) is 7.71. The average molecular weight is 295 g/mol. The zero-order valence-electron chi connectivity index (χ0n) is 13.4. The molecule has 1 amide bonds. The van der Waals surface area contributed by atoms with Crippen LogP contribution in [-0.4, -0.2) is 60.6 Å². The van der Waals surface area contributed by atoms with Crippen LogP contribution in [0.15, 0.2) is 0 Å². The summed E-state index contributed by atoms with van der Waals surface area (Å²) in [5.41, 5.74) is 0.944. The van der Waals surface area contributed by atoms with Gasteiger partial charge in [-0.2, -0.15) is 0 Å². The van der Waals surface area contributed by atoms with E-state index in [1.165, 1.54) is 0 Å². The minimum absolute atomic E-state index is 0.161. The molecule has 0 unspecified atom stereocenters. The third-order valence-corrected chi connectivity index (χ3v) is 6.21. The Morgan fingerprint density at radius 2 is 1.76 bits per heavy atom. The number of nitrogens with zero attached hydrogens (tertiary/aromatic N) is 2. The molecular formula is C15H25N3O3. The number of esters is 1. The summed E-state index contributed by atoms with van der Waals surface area (Å²) in [7, 11) is 2.07. The van der Waals surface area contributed by atoms with Crippen LogP contribution in [0.2, 0.25) is 0 Å².